The van der Waals surface area contributed by atoms with Gasteiger partial charge in [0, 0.05) is 50.4 Å². The molecule has 0 bridgehead atoms. The number of rotatable bonds is 6. The first-order chi connectivity index (χ1) is 16.8. The van der Waals surface area contributed by atoms with E-state index in [9.17, 15) is 13.2 Å². The summed E-state index contributed by atoms with van der Waals surface area (Å²) in [5.41, 5.74) is 1.53. The Hall–Kier alpha value is -2.55. The van der Waals surface area contributed by atoms with E-state index in [1.807, 2.05) is 18.2 Å². The van der Waals surface area contributed by atoms with Crippen LogP contribution in [-0.4, -0.2) is 69.9 Å². The van der Waals surface area contributed by atoms with Crippen LogP contribution in [0.2, 0.25) is 5.02 Å². The summed E-state index contributed by atoms with van der Waals surface area (Å²) < 4.78 is 33.8. The van der Waals surface area contributed by atoms with Crippen LogP contribution in [0.15, 0.2) is 53.4 Å². The highest BCUT2D eigenvalue weighted by Gasteiger charge is 2.30. The van der Waals surface area contributed by atoms with Gasteiger partial charge < -0.3 is 14.5 Å². The van der Waals surface area contributed by atoms with E-state index in [-0.39, 0.29) is 10.8 Å². The van der Waals surface area contributed by atoms with Gasteiger partial charge in [0.1, 0.15) is 5.75 Å². The number of piperidine rings is 1. The number of methoxy groups -OCH3 is 1. The predicted octanol–water partition coefficient (Wildman–Crippen LogP) is 4.13. The van der Waals surface area contributed by atoms with E-state index in [4.69, 9.17) is 16.3 Å². The van der Waals surface area contributed by atoms with Crippen molar-refractivity contribution in [3.63, 3.8) is 0 Å². The number of nitrogens with zero attached hydrogens (tertiary/aromatic N) is 3. The molecule has 2 aliphatic rings. The Kier molecular flexibility index (Phi) is 8.04. The molecule has 2 heterocycles. The summed E-state index contributed by atoms with van der Waals surface area (Å²) in [6, 6.07) is 12.4. The van der Waals surface area contributed by atoms with E-state index in [0.29, 0.717) is 56.0 Å². The van der Waals surface area contributed by atoms with Crippen molar-refractivity contribution in [1.29, 1.82) is 0 Å². The number of hydrogen-bond donors (Lipinski definition) is 0. The Morgan fingerprint density at radius 3 is 2.51 bits per heavy atom. The lowest BCUT2D eigenvalue weighted by Gasteiger charge is -2.36. The summed E-state index contributed by atoms with van der Waals surface area (Å²) in [7, 11) is -1.99. The number of amides is 1. The summed E-state index contributed by atoms with van der Waals surface area (Å²) in [4.78, 5) is 16.9. The molecule has 0 aromatic heterocycles. The van der Waals surface area contributed by atoms with E-state index in [1.165, 1.54) is 0 Å². The molecule has 1 atom stereocenters. The van der Waals surface area contributed by atoms with Gasteiger partial charge in [-0.3, -0.25) is 4.79 Å². The average Bonchev–Trinajstić information content (AvgIpc) is 2.87. The van der Waals surface area contributed by atoms with Crippen LogP contribution in [0, 0.1) is 5.92 Å². The van der Waals surface area contributed by atoms with Gasteiger partial charge in [0.25, 0.3) is 0 Å². The summed E-state index contributed by atoms with van der Waals surface area (Å²) in [5.74, 6) is 0.898. The van der Waals surface area contributed by atoms with Crippen LogP contribution in [0.3, 0.4) is 0 Å². The molecule has 0 aliphatic carbocycles. The van der Waals surface area contributed by atoms with E-state index >= 15 is 0 Å². The van der Waals surface area contributed by atoms with Crippen molar-refractivity contribution in [2.45, 2.75) is 24.7 Å². The molecule has 2 fully saturated rings. The van der Waals surface area contributed by atoms with Gasteiger partial charge in [-0.25, -0.2) is 8.42 Å². The second kappa shape index (κ2) is 11.0. The molecule has 35 heavy (non-hydrogen) atoms. The van der Waals surface area contributed by atoms with E-state index < -0.39 is 10.0 Å². The fourth-order valence-electron chi connectivity index (χ4n) is 4.64. The molecule has 1 amide bonds. The molecule has 188 valence electrons. The zero-order valence-corrected chi connectivity index (χ0v) is 21.8. The minimum Gasteiger partial charge on any atom is -0.495 e. The van der Waals surface area contributed by atoms with Crippen LogP contribution in [-0.2, 0) is 14.8 Å². The van der Waals surface area contributed by atoms with Crippen molar-refractivity contribution < 1.29 is 17.9 Å². The predicted molar refractivity (Wildman–Crippen MR) is 139 cm³/mol. The van der Waals surface area contributed by atoms with Gasteiger partial charge in [0.2, 0.25) is 15.9 Å². The number of hydrogen-bond acceptors (Lipinski definition) is 5. The zero-order valence-electron chi connectivity index (χ0n) is 20.2. The van der Waals surface area contributed by atoms with Gasteiger partial charge in [-0.15, -0.1) is 0 Å². The zero-order chi connectivity index (χ0) is 25.0. The molecule has 2 aromatic rings. The minimum atomic E-state index is -3.58. The summed E-state index contributed by atoms with van der Waals surface area (Å²) >= 11 is 6.17. The molecule has 2 aliphatic heterocycles. The second-order valence-corrected chi connectivity index (χ2v) is 11.5. The van der Waals surface area contributed by atoms with Crippen LogP contribution in [0.25, 0.3) is 6.08 Å². The third-order valence-corrected chi connectivity index (χ3v) is 8.86. The molecule has 2 saturated heterocycles. The van der Waals surface area contributed by atoms with Crippen molar-refractivity contribution in [2.75, 3.05) is 51.3 Å². The second-order valence-electron chi connectivity index (χ2n) is 9.11. The van der Waals surface area contributed by atoms with Crippen LogP contribution >= 0.6 is 11.6 Å². The molecule has 1 unspecified atom stereocenters. The van der Waals surface area contributed by atoms with Crippen LogP contribution in [0.5, 0.6) is 5.75 Å². The Balaban J connectivity index is 1.46. The van der Waals surface area contributed by atoms with Crippen molar-refractivity contribution in [2.24, 2.45) is 5.92 Å². The standard InChI is InChI=1S/C26H32ClN3O4S/c1-20-6-5-13-30(19-20)35(32,33)22-10-11-25(34-2)24(18-22)28-14-16-29(17-15-28)26(31)12-9-21-7-3-4-8-23(21)27/h3-4,7-12,18,20H,5-6,13-17,19H2,1-2H3. The maximum atomic E-state index is 13.3. The molecular weight excluding hydrogens is 486 g/mol. The monoisotopic (exact) mass is 517 g/mol. The maximum Gasteiger partial charge on any atom is 0.246 e. The molecule has 0 saturated carbocycles. The van der Waals surface area contributed by atoms with Crippen molar-refractivity contribution in [3.8, 4) is 5.75 Å². The Labute approximate surface area is 213 Å². The number of carbonyl (C=O) groups is 1. The van der Waals surface area contributed by atoms with Gasteiger partial charge in [-0.1, -0.05) is 36.7 Å². The summed E-state index contributed by atoms with van der Waals surface area (Å²) in [5, 5.41) is 0.599. The quantitative estimate of drug-likeness (QED) is 0.539. The number of sulfonamides is 1. The van der Waals surface area contributed by atoms with Gasteiger partial charge in [-0.05, 0) is 54.7 Å². The molecule has 9 heteroatoms. The highest BCUT2D eigenvalue weighted by atomic mass is 35.5. The lowest BCUT2D eigenvalue weighted by atomic mass is 10.0. The Morgan fingerprint density at radius 1 is 1.09 bits per heavy atom. The van der Waals surface area contributed by atoms with Crippen molar-refractivity contribution in [3.05, 3.63) is 59.1 Å². The third-order valence-electron chi connectivity index (χ3n) is 6.65. The molecule has 2 aromatic carbocycles. The molecular formula is C26H32ClN3O4S. The molecule has 7 nitrogen and oxygen atoms in total. The van der Waals surface area contributed by atoms with Gasteiger partial charge in [-0.2, -0.15) is 4.31 Å². The Bertz CT molecular complexity index is 1190. The number of halogens is 1. The third kappa shape index (κ3) is 5.82. The topological polar surface area (TPSA) is 70.2 Å². The molecule has 0 radical (unpaired) electrons. The van der Waals surface area contributed by atoms with Crippen LogP contribution in [0.1, 0.15) is 25.3 Å². The van der Waals surface area contributed by atoms with Crippen molar-refractivity contribution in [1.82, 2.24) is 9.21 Å². The lowest BCUT2D eigenvalue weighted by molar-refractivity contribution is -0.126. The van der Waals surface area contributed by atoms with Gasteiger partial charge in [0.15, 0.2) is 0 Å². The number of ether oxygens (including phenoxy) is 1. The van der Waals surface area contributed by atoms with Gasteiger partial charge >= 0.3 is 0 Å². The number of piperazine rings is 1. The summed E-state index contributed by atoms with van der Waals surface area (Å²) in [6.45, 7) is 5.39. The first kappa shape index (κ1) is 25.5. The fraction of sp³-hybridized carbons (Fsp3) is 0.423. The number of anilines is 1. The minimum absolute atomic E-state index is 0.0768. The smallest absolute Gasteiger partial charge is 0.246 e. The summed E-state index contributed by atoms with van der Waals surface area (Å²) in [6.07, 6.45) is 5.21. The highest BCUT2D eigenvalue weighted by molar-refractivity contribution is 7.89. The SMILES string of the molecule is COc1ccc(S(=O)(=O)N2CCCC(C)C2)cc1N1CCN(C(=O)C=Cc2ccccc2Cl)CC1. The van der Waals surface area contributed by atoms with E-state index in [0.717, 1.165) is 24.1 Å². The molecule has 4 rings (SSSR count). The fourth-order valence-corrected chi connectivity index (χ4v) is 6.45. The lowest BCUT2D eigenvalue weighted by Crippen LogP contribution is -2.48. The van der Waals surface area contributed by atoms with Crippen LogP contribution < -0.4 is 9.64 Å². The van der Waals surface area contributed by atoms with Gasteiger partial charge in [0.05, 0.1) is 17.7 Å². The number of benzene rings is 2. The maximum absolute atomic E-state index is 13.3. The van der Waals surface area contributed by atoms with E-state index in [2.05, 4.69) is 11.8 Å². The number of carbonyl (C=O) groups excluding carboxylic acids is 1. The van der Waals surface area contributed by atoms with E-state index in [1.54, 1.807) is 52.7 Å². The highest BCUT2D eigenvalue weighted by Crippen LogP contribution is 2.33. The largest absolute Gasteiger partial charge is 0.495 e. The first-order valence-corrected chi connectivity index (χ1v) is 13.8. The Morgan fingerprint density at radius 2 is 1.83 bits per heavy atom. The molecule has 0 N–H and O–H groups in total. The van der Waals surface area contributed by atoms with Crippen molar-refractivity contribution >= 4 is 39.3 Å². The van der Waals surface area contributed by atoms with Crippen LogP contribution in [0.4, 0.5) is 5.69 Å². The first-order valence-electron chi connectivity index (χ1n) is 11.9. The molecule has 0 spiro atoms. The average molecular weight is 518 g/mol. The normalized spacial score (nSPS) is 19.8.